The van der Waals surface area contributed by atoms with Gasteiger partial charge in [0.1, 0.15) is 11.8 Å². The van der Waals surface area contributed by atoms with Gasteiger partial charge in [-0.2, -0.15) is 0 Å². The molecule has 0 aromatic heterocycles. The van der Waals surface area contributed by atoms with E-state index >= 15 is 0 Å². The monoisotopic (exact) mass is 781 g/mol. The van der Waals surface area contributed by atoms with Crippen LogP contribution in [0.1, 0.15) is 85.6 Å². The second-order valence-electron chi connectivity index (χ2n) is 16.0. The number of rotatable bonds is 21. The molecule has 2 aromatic carbocycles. The first kappa shape index (κ1) is 45.8. The lowest BCUT2D eigenvalue weighted by molar-refractivity contribution is -0.146. The average Bonchev–Trinajstić information content (AvgIpc) is 3.61. The van der Waals surface area contributed by atoms with E-state index in [1.165, 1.54) is 11.8 Å². The van der Waals surface area contributed by atoms with Gasteiger partial charge in [-0.1, -0.05) is 84.4 Å². The zero-order chi connectivity index (χ0) is 40.8. The third kappa shape index (κ3) is 13.5. The van der Waals surface area contributed by atoms with Crippen molar-refractivity contribution in [3.05, 3.63) is 60.2 Å². The first-order chi connectivity index (χ1) is 26.1. The third-order valence-corrected chi connectivity index (χ3v) is 11.9. The molecule has 55 heavy (non-hydrogen) atoms. The van der Waals surface area contributed by atoms with Crippen molar-refractivity contribution in [1.29, 1.82) is 0 Å². The van der Waals surface area contributed by atoms with Crippen LogP contribution in [0, 0.1) is 17.8 Å². The van der Waals surface area contributed by atoms with Crippen LogP contribution in [-0.4, -0.2) is 114 Å². The summed E-state index contributed by atoms with van der Waals surface area (Å²) in [5.41, 5.74) is 1.09. The number of carbonyl (C=O) groups excluding carboxylic acids is 4. The fourth-order valence-electron chi connectivity index (χ4n) is 7.81. The summed E-state index contributed by atoms with van der Waals surface area (Å²) in [6, 6.07) is 15.4. The number of phenols is 1. The molecule has 1 aliphatic heterocycles. The van der Waals surface area contributed by atoms with Crippen molar-refractivity contribution < 1.29 is 29.0 Å². The van der Waals surface area contributed by atoms with Crippen molar-refractivity contribution in [3.8, 4) is 5.75 Å². The number of hydrogen-bond acceptors (Lipinski definition) is 8. The molecule has 0 aliphatic carbocycles. The SMILES string of the molecule is CCC(C)C(C(CC(=O)N1CCCC1CCC(=O)NC(Cc1ccccc1)Sc1cccc(O)c1)OC)N(C)C(=O)C(NC(=O)C(C(C)C)N(C)C)C(C)C. The number of phenolic OH excluding ortho intramolecular Hbond substituents is 1. The van der Waals surface area contributed by atoms with Crippen LogP contribution in [0.25, 0.3) is 0 Å². The van der Waals surface area contributed by atoms with Gasteiger partial charge in [-0.15, -0.1) is 11.8 Å². The van der Waals surface area contributed by atoms with Gasteiger partial charge in [0.15, 0.2) is 0 Å². The minimum Gasteiger partial charge on any atom is -0.508 e. The lowest BCUT2D eigenvalue weighted by Crippen LogP contribution is -2.59. The topological polar surface area (TPSA) is 132 Å². The van der Waals surface area contributed by atoms with Crippen molar-refractivity contribution in [2.45, 2.75) is 127 Å². The number of ether oxygens (including phenoxy) is 1. The number of nitrogens with one attached hydrogen (secondary N) is 2. The fraction of sp³-hybridized carbons (Fsp3) is 0.628. The van der Waals surface area contributed by atoms with Gasteiger partial charge in [-0.25, -0.2) is 0 Å². The number of hydrogen-bond donors (Lipinski definition) is 3. The molecular weight excluding hydrogens is 715 g/mol. The van der Waals surface area contributed by atoms with Gasteiger partial charge in [0.05, 0.1) is 30.0 Å². The molecule has 0 radical (unpaired) electrons. The Hall–Kier alpha value is -3.61. The Bertz CT molecular complexity index is 1520. The van der Waals surface area contributed by atoms with E-state index in [2.05, 4.69) is 24.5 Å². The molecule has 1 aliphatic rings. The van der Waals surface area contributed by atoms with Crippen LogP contribution in [-0.2, 0) is 30.3 Å². The number of benzene rings is 2. The van der Waals surface area contributed by atoms with E-state index in [-0.39, 0.29) is 77.4 Å². The highest BCUT2D eigenvalue weighted by Gasteiger charge is 2.40. The standard InChI is InChI=1S/C43H67N5O6S/c1-11-30(6)41(47(9)43(53)39(28(2)3)45-42(52)40(29(4)5)46(7)8)35(54-10)27-38(51)48-24-16-19-32(48)22-23-36(50)44-37(25-31-17-13-12-14-18-31)55-34-21-15-20-33(49)26-34/h12-15,17-18,20-21,26,28-30,32,35,37,39-41,49H,11,16,19,22-25,27H2,1-10H3,(H,44,50)(H,45,52). The molecule has 0 saturated carbocycles. The zero-order valence-corrected chi connectivity index (χ0v) is 35.6. The van der Waals surface area contributed by atoms with Gasteiger partial charge in [0.2, 0.25) is 23.6 Å². The summed E-state index contributed by atoms with van der Waals surface area (Å²) >= 11 is 1.50. The second kappa shape index (κ2) is 22.2. The van der Waals surface area contributed by atoms with Crippen molar-refractivity contribution in [2.24, 2.45) is 17.8 Å². The number of likely N-dealkylation sites (tertiary alicyclic amines) is 1. The molecule has 0 bridgehead atoms. The quantitative estimate of drug-likeness (QED) is 0.105. The Morgan fingerprint density at radius 2 is 1.65 bits per heavy atom. The molecule has 4 amide bonds. The summed E-state index contributed by atoms with van der Waals surface area (Å²) in [7, 11) is 7.07. The van der Waals surface area contributed by atoms with Crippen LogP contribution in [0.2, 0.25) is 0 Å². The van der Waals surface area contributed by atoms with Gasteiger partial charge in [-0.05, 0) is 74.9 Å². The van der Waals surface area contributed by atoms with Crippen LogP contribution >= 0.6 is 11.8 Å². The van der Waals surface area contributed by atoms with Gasteiger partial charge in [0, 0.05) is 44.5 Å². The van der Waals surface area contributed by atoms with E-state index in [1.807, 2.05) is 88.0 Å². The molecule has 7 atom stereocenters. The Morgan fingerprint density at radius 3 is 2.24 bits per heavy atom. The van der Waals surface area contributed by atoms with Crippen LogP contribution < -0.4 is 10.6 Å². The highest BCUT2D eigenvalue weighted by atomic mass is 32.2. The van der Waals surface area contributed by atoms with Crippen molar-refractivity contribution in [1.82, 2.24) is 25.3 Å². The largest absolute Gasteiger partial charge is 0.508 e. The maximum atomic E-state index is 14.2. The number of carbonyl (C=O) groups is 4. The van der Waals surface area contributed by atoms with Crippen molar-refractivity contribution in [2.75, 3.05) is 34.8 Å². The summed E-state index contributed by atoms with van der Waals surface area (Å²) in [5.74, 6) is -0.439. The minimum atomic E-state index is -0.738. The molecule has 7 unspecified atom stereocenters. The Balaban J connectivity index is 1.69. The molecule has 3 N–H and O–H groups in total. The lowest BCUT2D eigenvalue weighted by Gasteiger charge is -2.40. The molecule has 12 heteroatoms. The van der Waals surface area contributed by atoms with Crippen molar-refractivity contribution in [3.63, 3.8) is 0 Å². The van der Waals surface area contributed by atoms with Crippen LogP contribution in [0.4, 0.5) is 0 Å². The van der Waals surface area contributed by atoms with Crippen molar-refractivity contribution >= 4 is 35.4 Å². The molecule has 2 aromatic rings. The average molecular weight is 782 g/mol. The van der Waals surface area contributed by atoms with E-state index in [0.29, 0.717) is 19.4 Å². The van der Waals surface area contributed by atoms with Gasteiger partial charge >= 0.3 is 0 Å². The van der Waals surface area contributed by atoms with E-state index in [0.717, 1.165) is 29.7 Å². The molecule has 3 rings (SSSR count). The first-order valence-electron chi connectivity index (χ1n) is 19.9. The van der Waals surface area contributed by atoms with E-state index in [9.17, 15) is 24.3 Å². The Labute approximate surface area is 334 Å². The van der Waals surface area contributed by atoms with Gasteiger partial charge < -0.3 is 30.3 Å². The van der Waals surface area contributed by atoms with Crippen LogP contribution in [0.15, 0.2) is 59.5 Å². The Kier molecular flexibility index (Phi) is 18.5. The first-order valence-corrected chi connectivity index (χ1v) is 20.8. The predicted molar refractivity (Wildman–Crippen MR) is 221 cm³/mol. The molecule has 11 nitrogen and oxygen atoms in total. The highest BCUT2D eigenvalue weighted by molar-refractivity contribution is 8.00. The predicted octanol–water partition coefficient (Wildman–Crippen LogP) is 5.95. The molecule has 1 fully saturated rings. The number of likely N-dealkylation sites (N-methyl/N-ethyl adjacent to an activating group) is 2. The van der Waals surface area contributed by atoms with E-state index in [4.69, 9.17) is 4.74 Å². The molecule has 1 heterocycles. The van der Waals surface area contributed by atoms with Crippen LogP contribution in [0.3, 0.4) is 0 Å². The number of amides is 4. The summed E-state index contributed by atoms with van der Waals surface area (Å²) in [6.07, 6.45) is 3.39. The van der Waals surface area contributed by atoms with E-state index in [1.54, 1.807) is 37.3 Å². The molecule has 306 valence electrons. The molecule has 0 spiro atoms. The highest BCUT2D eigenvalue weighted by Crippen LogP contribution is 2.29. The number of nitrogens with zero attached hydrogens (tertiary/aromatic N) is 3. The lowest BCUT2D eigenvalue weighted by atomic mass is 9.89. The Morgan fingerprint density at radius 1 is 0.964 bits per heavy atom. The molecule has 1 saturated heterocycles. The maximum absolute atomic E-state index is 14.2. The molecular formula is C43H67N5O6S. The smallest absolute Gasteiger partial charge is 0.245 e. The third-order valence-electron chi connectivity index (χ3n) is 10.9. The van der Waals surface area contributed by atoms with Crippen LogP contribution in [0.5, 0.6) is 5.75 Å². The summed E-state index contributed by atoms with van der Waals surface area (Å²) in [6.45, 7) is 12.6. The second-order valence-corrected chi connectivity index (χ2v) is 17.2. The zero-order valence-electron chi connectivity index (χ0n) is 34.8. The van der Waals surface area contributed by atoms with Gasteiger partial charge in [-0.3, -0.25) is 24.1 Å². The summed E-state index contributed by atoms with van der Waals surface area (Å²) < 4.78 is 6.02. The van der Waals surface area contributed by atoms with E-state index < -0.39 is 18.2 Å². The number of aromatic hydroxyl groups is 1. The number of methoxy groups -OCH3 is 1. The number of thioether (sulfide) groups is 1. The maximum Gasteiger partial charge on any atom is 0.245 e. The fourth-order valence-corrected chi connectivity index (χ4v) is 8.95. The minimum absolute atomic E-state index is 0.0139. The summed E-state index contributed by atoms with van der Waals surface area (Å²) in [5, 5.41) is 16.0. The normalized spacial score (nSPS) is 17.8. The van der Waals surface area contributed by atoms with Gasteiger partial charge in [0.25, 0.3) is 0 Å². The summed E-state index contributed by atoms with van der Waals surface area (Å²) in [4.78, 5) is 61.4.